The molecule has 0 spiro atoms. The predicted octanol–water partition coefficient (Wildman–Crippen LogP) is 4.83. The quantitative estimate of drug-likeness (QED) is 0.494. The number of allylic oxidation sites excluding steroid dienone is 4. The van der Waals surface area contributed by atoms with E-state index >= 15 is 0 Å². The monoisotopic (exact) mass is 462 g/mol. The van der Waals surface area contributed by atoms with Crippen molar-refractivity contribution in [1.82, 2.24) is 0 Å². The fraction of sp³-hybridized carbons (Fsp3) is 0.0909. The van der Waals surface area contributed by atoms with E-state index in [-0.39, 0.29) is 5.82 Å². The van der Waals surface area contributed by atoms with Gasteiger partial charge in [0.05, 0.1) is 0 Å². The number of carboxylic acid groups (broad SMARTS) is 1. The van der Waals surface area contributed by atoms with E-state index in [2.05, 4.69) is 16.0 Å². The molecular weight excluding hydrogens is 444 g/mol. The van der Waals surface area contributed by atoms with Crippen LogP contribution in [-0.4, -0.2) is 40.5 Å². The molecule has 1 N–H and O–H groups in total. The van der Waals surface area contributed by atoms with Gasteiger partial charge >= 0.3 is 170 Å². The Bertz CT molecular complexity index is 955. The van der Waals surface area contributed by atoms with E-state index < -0.39 is 29.2 Å². The zero-order valence-corrected chi connectivity index (χ0v) is 18.2. The second kappa shape index (κ2) is 9.00. The molecule has 0 bridgehead atoms. The fourth-order valence-corrected chi connectivity index (χ4v) is 5.84. The average Bonchev–Trinajstić information content (AvgIpc) is 3.20. The molecule has 27 heavy (non-hydrogen) atoms. The maximum atomic E-state index is 13.4. The molecule has 2 aromatic carbocycles. The molecular formula is C22H18FInNO2. The Morgan fingerprint density at radius 2 is 1.78 bits per heavy atom. The number of hydrogen-bond donors (Lipinski definition) is 1. The third-order valence-corrected chi connectivity index (χ3v) is 7.39. The first-order valence-electron chi connectivity index (χ1n) is 8.66. The Hall–Kier alpha value is -2.40. The first kappa shape index (κ1) is 19.4. The Kier molecular flexibility index (Phi) is 6.45. The van der Waals surface area contributed by atoms with Crippen molar-refractivity contribution >= 4 is 52.6 Å². The zero-order chi connectivity index (χ0) is 19.2. The van der Waals surface area contributed by atoms with Gasteiger partial charge in [-0.1, -0.05) is 0 Å². The number of halogens is 1. The first-order valence-corrected chi connectivity index (χ1v) is 11.8. The van der Waals surface area contributed by atoms with Gasteiger partial charge in [0, 0.05) is 0 Å². The molecule has 0 atom stereocenters. The van der Waals surface area contributed by atoms with Crippen molar-refractivity contribution in [2.24, 2.45) is 2.98 Å². The van der Waals surface area contributed by atoms with E-state index in [0.29, 0.717) is 0 Å². The minimum atomic E-state index is -1.21. The molecule has 2 aromatic rings. The van der Waals surface area contributed by atoms with Crippen LogP contribution >= 0.6 is 0 Å². The van der Waals surface area contributed by atoms with Crippen molar-refractivity contribution in [1.29, 1.82) is 0 Å². The summed E-state index contributed by atoms with van der Waals surface area (Å²) in [6, 6.07) is 14.5. The summed E-state index contributed by atoms with van der Waals surface area (Å²) < 4.78 is 19.2. The van der Waals surface area contributed by atoms with Crippen LogP contribution in [0.15, 0.2) is 67.0 Å². The number of nitrogens with zero attached hydrogens (tertiary/aromatic N) is 1. The van der Waals surface area contributed by atoms with E-state index in [1.165, 1.54) is 26.6 Å². The van der Waals surface area contributed by atoms with Gasteiger partial charge in [0.25, 0.3) is 0 Å². The number of aliphatic carboxylic acids is 1. The summed E-state index contributed by atoms with van der Waals surface area (Å²) in [6.07, 6.45) is 7.50. The molecule has 0 fully saturated rings. The third-order valence-electron chi connectivity index (χ3n) is 4.31. The molecule has 0 aliphatic carbocycles. The van der Waals surface area contributed by atoms with Gasteiger partial charge in [0.2, 0.25) is 0 Å². The molecule has 5 heteroatoms. The van der Waals surface area contributed by atoms with E-state index in [4.69, 9.17) is 5.11 Å². The molecule has 0 unspecified atom stereocenters. The van der Waals surface area contributed by atoms with Gasteiger partial charge in [0.1, 0.15) is 0 Å². The Balaban J connectivity index is 2.08. The van der Waals surface area contributed by atoms with Crippen LogP contribution in [0.4, 0.5) is 4.39 Å². The average molecular weight is 462 g/mol. The van der Waals surface area contributed by atoms with E-state index in [1.807, 2.05) is 42.6 Å². The van der Waals surface area contributed by atoms with Crippen molar-refractivity contribution in [3.05, 3.63) is 86.5 Å². The summed E-state index contributed by atoms with van der Waals surface area (Å²) in [6.45, 7) is 2.10. The van der Waals surface area contributed by atoms with E-state index in [0.717, 1.165) is 29.2 Å². The molecule has 0 saturated carbocycles. The standard InChI is InChI=1S/C22H18FNO2.In/c1-2-20(17-10-12-19(23)13-11-17)21(4-3-15-24)18-8-5-16(6-9-18)7-14-22(25)26;/h3,5-15H,2H2,1H3,(H,25,26);/q-1;+1/b4-3?,14-7+,21-20-;. The van der Waals surface area contributed by atoms with Crippen LogP contribution in [0.1, 0.15) is 30.0 Å². The van der Waals surface area contributed by atoms with Crippen LogP contribution in [0, 0.1) is 5.82 Å². The van der Waals surface area contributed by atoms with Gasteiger partial charge in [-0.3, -0.25) is 0 Å². The minimum absolute atomic E-state index is 0.244. The van der Waals surface area contributed by atoms with Gasteiger partial charge in [-0.15, -0.1) is 0 Å². The maximum absolute atomic E-state index is 13.4. The molecule has 3 nitrogen and oxygen atoms in total. The van der Waals surface area contributed by atoms with E-state index in [1.54, 1.807) is 6.08 Å². The fourth-order valence-electron chi connectivity index (χ4n) is 3.06. The predicted molar refractivity (Wildman–Crippen MR) is 109 cm³/mol. The van der Waals surface area contributed by atoms with E-state index in [9.17, 15) is 9.18 Å². The first-order chi connectivity index (χ1) is 13.1. The van der Waals surface area contributed by atoms with Gasteiger partial charge in [-0.05, 0) is 0 Å². The van der Waals surface area contributed by atoms with Crippen LogP contribution in [0.3, 0.4) is 0 Å². The Morgan fingerprint density at radius 3 is 2.33 bits per heavy atom. The van der Waals surface area contributed by atoms with Crippen LogP contribution in [-0.2, 0) is 4.79 Å². The molecule has 1 heterocycles. The summed E-state index contributed by atoms with van der Waals surface area (Å²) >= 11 is -1.21. The van der Waals surface area contributed by atoms with Crippen LogP contribution in [0.5, 0.6) is 0 Å². The summed E-state index contributed by atoms with van der Waals surface area (Å²) in [4.78, 5) is 10.7. The summed E-state index contributed by atoms with van der Waals surface area (Å²) in [5.41, 5.74) is 5.27. The van der Waals surface area contributed by atoms with Gasteiger partial charge < -0.3 is 0 Å². The topological polar surface area (TPSA) is 49.7 Å². The molecule has 0 amide bonds. The third kappa shape index (κ3) is 4.86. The van der Waals surface area contributed by atoms with Crippen LogP contribution < -0.4 is 0 Å². The van der Waals surface area contributed by atoms with Crippen LogP contribution in [0.2, 0.25) is 0 Å². The molecule has 3 rings (SSSR count). The summed E-state index contributed by atoms with van der Waals surface area (Å²) in [5.74, 6) is -1.21. The van der Waals surface area contributed by atoms with Gasteiger partial charge in [0.15, 0.2) is 0 Å². The molecule has 1 aliphatic rings. The van der Waals surface area contributed by atoms with Crippen LogP contribution in [0.25, 0.3) is 17.2 Å². The number of carboxylic acids is 1. The summed E-state index contributed by atoms with van der Waals surface area (Å²) in [5, 5.41) is 8.78. The Labute approximate surface area is 169 Å². The molecule has 0 saturated heterocycles. The van der Waals surface area contributed by atoms with Gasteiger partial charge in [-0.2, -0.15) is 0 Å². The normalized spacial score (nSPS) is 14.1. The molecule has 0 aromatic heterocycles. The van der Waals surface area contributed by atoms with Crippen molar-refractivity contribution in [2.75, 3.05) is 0 Å². The van der Waals surface area contributed by atoms with Gasteiger partial charge in [-0.25, -0.2) is 0 Å². The van der Waals surface area contributed by atoms with Crippen molar-refractivity contribution in [2.45, 2.75) is 13.3 Å². The van der Waals surface area contributed by atoms with Crippen molar-refractivity contribution < 1.29 is 14.3 Å². The zero-order valence-electron chi connectivity index (χ0n) is 14.9. The van der Waals surface area contributed by atoms with Crippen molar-refractivity contribution in [3.63, 3.8) is 0 Å². The molecule has 133 valence electrons. The second-order valence-electron chi connectivity index (χ2n) is 6.06. The Morgan fingerprint density at radius 1 is 1.11 bits per heavy atom. The number of rotatable bonds is 6. The number of benzene rings is 2. The number of hydrogen-bond acceptors (Lipinski definition) is 2. The number of carbonyl (C=O) groups is 1. The SMILES string of the molecule is CC/C(=C(\[C]1=CC=[N][In]1)c1ccc(/C=C/C(=O)O)cc1)c1ccc(F)cc1. The second-order valence-corrected chi connectivity index (χ2v) is 9.42. The summed E-state index contributed by atoms with van der Waals surface area (Å²) in [7, 11) is 0. The van der Waals surface area contributed by atoms with Crippen molar-refractivity contribution in [3.8, 4) is 0 Å². The molecule has 1 radical (unpaired) electrons. The molecule has 1 aliphatic heterocycles.